The molecule has 0 aromatic carbocycles. The van der Waals surface area contributed by atoms with Crippen molar-refractivity contribution in [1.29, 1.82) is 0 Å². The summed E-state index contributed by atoms with van der Waals surface area (Å²) in [4.78, 5) is 0. The quantitative estimate of drug-likeness (QED) is 0.716. The molecule has 0 aromatic rings. The molecule has 1 spiro atoms. The zero-order chi connectivity index (χ0) is 12.1. The van der Waals surface area contributed by atoms with Crippen LogP contribution in [0, 0.1) is 0 Å². The van der Waals surface area contributed by atoms with Gasteiger partial charge in [0.15, 0.2) is 0 Å². The van der Waals surface area contributed by atoms with Crippen LogP contribution in [0.1, 0.15) is 34.6 Å². The van der Waals surface area contributed by atoms with Gasteiger partial charge in [0.2, 0.25) is 0 Å². The van der Waals surface area contributed by atoms with Crippen molar-refractivity contribution in [2.75, 3.05) is 19.0 Å². The third-order valence-electron chi connectivity index (χ3n) is 3.23. The van der Waals surface area contributed by atoms with Crippen LogP contribution in [-0.2, 0) is 18.1 Å². The summed E-state index contributed by atoms with van der Waals surface area (Å²) in [6, 6.07) is 0. The SMILES string of the molecule is CCSP12(OCCO1)OC(C)(C)C(C)(C)O2. The second kappa shape index (κ2) is 3.56. The Morgan fingerprint density at radius 2 is 1.44 bits per heavy atom. The van der Waals surface area contributed by atoms with E-state index < -0.39 is 17.9 Å². The van der Waals surface area contributed by atoms with Crippen LogP contribution in [0.3, 0.4) is 0 Å². The zero-order valence-corrected chi connectivity index (χ0v) is 12.3. The Kier molecular flexibility index (Phi) is 2.91. The zero-order valence-electron chi connectivity index (χ0n) is 10.6. The van der Waals surface area contributed by atoms with Crippen molar-refractivity contribution in [1.82, 2.24) is 0 Å². The van der Waals surface area contributed by atoms with Crippen LogP contribution in [0.5, 0.6) is 0 Å². The Hall–Kier alpha value is 0.620. The summed E-state index contributed by atoms with van der Waals surface area (Å²) in [6.45, 7) is 7.91. The fourth-order valence-corrected chi connectivity index (χ4v) is 9.11. The van der Waals surface area contributed by atoms with E-state index in [-0.39, 0.29) is 0 Å². The molecule has 2 saturated heterocycles. The summed E-state index contributed by atoms with van der Waals surface area (Å²) in [5.74, 6) is 0.851. The maximum atomic E-state index is 6.17. The first kappa shape index (κ1) is 13.1. The van der Waals surface area contributed by atoms with Crippen molar-refractivity contribution < 1.29 is 18.1 Å². The molecule has 16 heavy (non-hydrogen) atoms. The van der Waals surface area contributed by atoms with Crippen LogP contribution in [0.4, 0.5) is 0 Å². The monoisotopic (exact) mass is 268 g/mol. The second-order valence-corrected chi connectivity index (χ2v) is 10.8. The molecular formula is C10H21O4PS. The molecule has 0 N–H and O–H groups in total. The molecule has 0 atom stereocenters. The summed E-state index contributed by atoms with van der Waals surface area (Å²) in [7, 11) is 0. The molecule has 0 unspecified atom stereocenters. The summed E-state index contributed by atoms with van der Waals surface area (Å²) in [5.41, 5.74) is -0.811. The van der Waals surface area contributed by atoms with Crippen LogP contribution in [0.2, 0.25) is 0 Å². The molecule has 2 fully saturated rings. The van der Waals surface area contributed by atoms with Gasteiger partial charge in [-0.25, -0.2) is 0 Å². The average molecular weight is 268 g/mol. The van der Waals surface area contributed by atoms with Crippen LogP contribution >= 0.6 is 18.1 Å². The van der Waals surface area contributed by atoms with Gasteiger partial charge < -0.3 is 0 Å². The van der Waals surface area contributed by atoms with Gasteiger partial charge in [-0.15, -0.1) is 0 Å². The first-order valence-corrected chi connectivity index (χ1v) is 9.14. The van der Waals surface area contributed by atoms with E-state index in [0.717, 1.165) is 5.75 Å². The van der Waals surface area contributed by atoms with E-state index in [0.29, 0.717) is 13.2 Å². The van der Waals surface area contributed by atoms with Gasteiger partial charge in [0, 0.05) is 0 Å². The summed E-state index contributed by atoms with van der Waals surface area (Å²) >= 11 is 1.54. The van der Waals surface area contributed by atoms with E-state index in [9.17, 15) is 0 Å². The molecule has 96 valence electrons. The molecule has 0 amide bonds. The molecule has 0 radical (unpaired) electrons. The van der Waals surface area contributed by atoms with E-state index in [1.807, 2.05) is 27.7 Å². The van der Waals surface area contributed by atoms with E-state index in [2.05, 4.69) is 6.92 Å². The van der Waals surface area contributed by atoms with E-state index >= 15 is 0 Å². The Labute approximate surface area is 101 Å². The first-order valence-electron chi connectivity index (χ1n) is 5.64. The number of hydrogen-bond donors (Lipinski definition) is 0. The van der Waals surface area contributed by atoms with Gasteiger partial charge in [-0.2, -0.15) is 0 Å². The summed E-state index contributed by atoms with van der Waals surface area (Å²) in [5, 5.41) is 0. The van der Waals surface area contributed by atoms with Crippen molar-refractivity contribution in [2.24, 2.45) is 0 Å². The fourth-order valence-electron chi connectivity index (χ4n) is 1.84. The molecule has 6 heteroatoms. The molecule has 2 heterocycles. The molecule has 0 aliphatic carbocycles. The number of rotatable bonds is 2. The third kappa shape index (κ3) is 1.73. The predicted octanol–water partition coefficient (Wildman–Crippen LogP) is 3.52. The molecule has 0 aromatic heterocycles. The second-order valence-electron chi connectivity index (χ2n) is 5.03. The van der Waals surface area contributed by atoms with Crippen LogP contribution in [0.15, 0.2) is 0 Å². The molecule has 2 aliphatic rings. The molecule has 2 aliphatic heterocycles. The number of hydrogen-bond acceptors (Lipinski definition) is 5. The van der Waals surface area contributed by atoms with Crippen molar-refractivity contribution in [3.8, 4) is 0 Å². The topological polar surface area (TPSA) is 36.9 Å². The predicted molar refractivity (Wildman–Crippen MR) is 67.3 cm³/mol. The van der Waals surface area contributed by atoms with Crippen molar-refractivity contribution in [3.63, 3.8) is 0 Å². The Morgan fingerprint density at radius 3 is 1.81 bits per heavy atom. The van der Waals surface area contributed by atoms with E-state index in [4.69, 9.17) is 18.1 Å². The Morgan fingerprint density at radius 1 is 1.00 bits per heavy atom. The van der Waals surface area contributed by atoms with Gasteiger partial charge in [-0.3, -0.25) is 0 Å². The Bertz CT molecular complexity index is 279. The van der Waals surface area contributed by atoms with Gasteiger partial charge in [0.1, 0.15) is 0 Å². The average Bonchev–Trinajstić information content (AvgIpc) is 2.53. The standard InChI is InChI=1S/C10H21O4PS/c1-6-16-15(11-7-8-12-15)13-9(2,3)10(4,5)14-15/h6-8H2,1-5H3. The normalized spacial score (nSPS) is 35.9. The van der Waals surface area contributed by atoms with Gasteiger partial charge in [-0.05, 0) is 0 Å². The summed E-state index contributed by atoms with van der Waals surface area (Å²) < 4.78 is 24.0. The van der Waals surface area contributed by atoms with Gasteiger partial charge >= 0.3 is 101 Å². The maximum absolute atomic E-state index is 6.17. The van der Waals surface area contributed by atoms with Crippen LogP contribution < -0.4 is 0 Å². The molecule has 2 rings (SSSR count). The first-order chi connectivity index (χ1) is 7.25. The van der Waals surface area contributed by atoms with E-state index in [1.54, 1.807) is 11.4 Å². The van der Waals surface area contributed by atoms with Gasteiger partial charge in [-0.1, -0.05) is 0 Å². The van der Waals surface area contributed by atoms with Gasteiger partial charge in [0.05, 0.1) is 0 Å². The fraction of sp³-hybridized carbons (Fsp3) is 1.00. The van der Waals surface area contributed by atoms with E-state index in [1.165, 1.54) is 0 Å². The van der Waals surface area contributed by atoms with Crippen molar-refractivity contribution in [2.45, 2.75) is 45.8 Å². The van der Waals surface area contributed by atoms with Crippen LogP contribution in [-0.4, -0.2) is 30.2 Å². The summed E-state index contributed by atoms with van der Waals surface area (Å²) in [6.07, 6.45) is 0. The van der Waals surface area contributed by atoms with Gasteiger partial charge in [0.25, 0.3) is 0 Å². The minimum absolute atomic E-state index is 0.405. The molecular weight excluding hydrogens is 247 g/mol. The Balaban J connectivity index is 2.38. The molecule has 4 nitrogen and oxygen atoms in total. The van der Waals surface area contributed by atoms with Crippen molar-refractivity contribution in [3.05, 3.63) is 0 Å². The van der Waals surface area contributed by atoms with Crippen LogP contribution in [0.25, 0.3) is 0 Å². The molecule has 0 saturated carbocycles. The minimum atomic E-state index is -3.35. The van der Waals surface area contributed by atoms with Crippen molar-refractivity contribution >= 4 is 18.1 Å². The molecule has 0 bridgehead atoms. The third-order valence-corrected chi connectivity index (χ3v) is 9.75.